The average molecular weight is 457 g/mol. The van der Waals surface area contributed by atoms with E-state index in [1.54, 1.807) is 36.4 Å². The molecule has 4 rings (SSSR count). The molecule has 1 unspecified atom stereocenters. The van der Waals surface area contributed by atoms with Crippen molar-refractivity contribution < 1.29 is 14.6 Å². The van der Waals surface area contributed by atoms with Crippen LogP contribution in [0.25, 0.3) is 0 Å². The number of carbonyl (C=O) groups excluding carboxylic acids is 1. The van der Waals surface area contributed by atoms with Crippen LogP contribution in [0.1, 0.15) is 39.3 Å². The number of thiazole rings is 1. The van der Waals surface area contributed by atoms with Crippen molar-refractivity contribution in [1.29, 1.82) is 0 Å². The Morgan fingerprint density at radius 3 is 2.74 bits per heavy atom. The van der Waals surface area contributed by atoms with Gasteiger partial charge in [-0.2, -0.15) is 0 Å². The lowest BCUT2D eigenvalue weighted by Gasteiger charge is -2.20. The van der Waals surface area contributed by atoms with Gasteiger partial charge in [-0.15, -0.1) is 11.3 Å². The molecule has 1 N–H and O–H groups in total. The van der Waals surface area contributed by atoms with Gasteiger partial charge in [0.1, 0.15) is 0 Å². The zero-order chi connectivity index (χ0) is 22.2. The van der Waals surface area contributed by atoms with E-state index in [-0.39, 0.29) is 11.6 Å². The SMILES string of the molecule is Cc1nc(C(=O)Nc2ccc(Cl)cc2)sc1C1(C)CC(c2cccc([N+](=O)[O-])c2)=NO1. The second kappa shape index (κ2) is 8.09. The number of nitrogens with one attached hydrogen (secondary N) is 1. The number of hydrogen-bond acceptors (Lipinski definition) is 7. The van der Waals surface area contributed by atoms with Crippen LogP contribution < -0.4 is 5.32 Å². The minimum Gasteiger partial charge on any atom is -0.383 e. The monoisotopic (exact) mass is 456 g/mol. The molecular formula is C21H17ClN4O4S. The zero-order valence-electron chi connectivity index (χ0n) is 16.6. The predicted molar refractivity (Wildman–Crippen MR) is 119 cm³/mol. The predicted octanol–water partition coefficient (Wildman–Crippen LogP) is 5.31. The van der Waals surface area contributed by atoms with Gasteiger partial charge in [0.25, 0.3) is 11.6 Å². The molecule has 2 heterocycles. The van der Waals surface area contributed by atoms with Crippen LogP contribution in [0.2, 0.25) is 5.02 Å². The number of aryl methyl sites for hydroxylation is 1. The van der Waals surface area contributed by atoms with Crippen molar-refractivity contribution >= 4 is 45.9 Å². The van der Waals surface area contributed by atoms with Crippen molar-refractivity contribution in [2.24, 2.45) is 5.16 Å². The van der Waals surface area contributed by atoms with Gasteiger partial charge in [0, 0.05) is 34.8 Å². The number of anilines is 1. The molecular weight excluding hydrogens is 440 g/mol. The summed E-state index contributed by atoms with van der Waals surface area (Å²) in [5.74, 6) is -0.330. The molecule has 0 saturated heterocycles. The summed E-state index contributed by atoms with van der Waals surface area (Å²) in [6.07, 6.45) is 0.398. The Morgan fingerprint density at radius 1 is 1.29 bits per heavy atom. The van der Waals surface area contributed by atoms with Crippen LogP contribution in [-0.2, 0) is 10.4 Å². The van der Waals surface area contributed by atoms with E-state index < -0.39 is 10.5 Å². The number of amides is 1. The summed E-state index contributed by atoms with van der Waals surface area (Å²) in [6.45, 7) is 3.67. The van der Waals surface area contributed by atoms with Gasteiger partial charge in [-0.05, 0) is 38.1 Å². The van der Waals surface area contributed by atoms with Gasteiger partial charge < -0.3 is 10.2 Å². The van der Waals surface area contributed by atoms with Crippen molar-refractivity contribution in [3.05, 3.63) is 84.8 Å². The molecule has 1 atom stereocenters. The first kappa shape index (κ1) is 21.0. The fraction of sp³-hybridized carbons (Fsp3) is 0.190. The summed E-state index contributed by atoms with van der Waals surface area (Å²) in [5, 5.41) is 18.9. The molecule has 158 valence electrons. The van der Waals surface area contributed by atoms with Crippen LogP contribution in [-0.4, -0.2) is 21.5 Å². The number of nitro benzene ring substituents is 1. The van der Waals surface area contributed by atoms with Gasteiger partial charge in [-0.1, -0.05) is 28.9 Å². The van der Waals surface area contributed by atoms with Gasteiger partial charge in [-0.3, -0.25) is 14.9 Å². The highest BCUT2D eigenvalue weighted by molar-refractivity contribution is 7.14. The standard InChI is InChI=1S/C21H17ClN4O4S/c1-12-18(31-20(23-12)19(27)24-15-8-6-14(22)7-9-15)21(2)11-17(25-30-21)13-4-3-5-16(10-13)26(28)29/h3-10H,11H2,1-2H3,(H,24,27). The van der Waals surface area contributed by atoms with E-state index in [4.69, 9.17) is 16.4 Å². The molecule has 0 radical (unpaired) electrons. The van der Waals surface area contributed by atoms with E-state index in [9.17, 15) is 14.9 Å². The summed E-state index contributed by atoms with van der Waals surface area (Å²) in [5.41, 5.74) is 1.68. The first-order valence-electron chi connectivity index (χ1n) is 9.30. The molecule has 1 amide bonds. The molecule has 31 heavy (non-hydrogen) atoms. The van der Waals surface area contributed by atoms with Gasteiger partial charge in [0.05, 0.1) is 21.2 Å². The third kappa shape index (κ3) is 4.28. The molecule has 10 heteroatoms. The van der Waals surface area contributed by atoms with Gasteiger partial charge >= 0.3 is 0 Å². The summed E-state index contributed by atoms with van der Waals surface area (Å²) < 4.78 is 0. The Hall–Kier alpha value is -3.30. The lowest BCUT2D eigenvalue weighted by atomic mass is 9.93. The Morgan fingerprint density at radius 2 is 2.03 bits per heavy atom. The molecule has 8 nitrogen and oxygen atoms in total. The fourth-order valence-electron chi connectivity index (χ4n) is 3.32. The average Bonchev–Trinajstić information content (AvgIpc) is 3.34. The Balaban J connectivity index is 1.53. The molecule has 0 spiro atoms. The third-order valence-electron chi connectivity index (χ3n) is 4.83. The second-order valence-corrected chi connectivity index (χ2v) is 8.67. The summed E-state index contributed by atoms with van der Waals surface area (Å²) >= 11 is 7.11. The lowest BCUT2D eigenvalue weighted by Crippen LogP contribution is -2.21. The fourth-order valence-corrected chi connectivity index (χ4v) is 4.48. The Bertz CT molecular complexity index is 1210. The number of halogens is 1. The van der Waals surface area contributed by atoms with Crippen LogP contribution in [0.15, 0.2) is 53.7 Å². The highest BCUT2D eigenvalue weighted by atomic mass is 35.5. The molecule has 0 bridgehead atoms. The van der Waals surface area contributed by atoms with E-state index in [1.165, 1.54) is 23.5 Å². The van der Waals surface area contributed by atoms with Crippen molar-refractivity contribution in [2.75, 3.05) is 5.32 Å². The normalized spacial score (nSPS) is 17.7. The number of non-ortho nitro benzene ring substituents is 1. The van der Waals surface area contributed by atoms with E-state index in [0.29, 0.717) is 39.1 Å². The van der Waals surface area contributed by atoms with Crippen LogP contribution in [0.5, 0.6) is 0 Å². The summed E-state index contributed by atoms with van der Waals surface area (Å²) in [7, 11) is 0. The Labute approximate surface area is 186 Å². The lowest BCUT2D eigenvalue weighted by molar-refractivity contribution is -0.384. The molecule has 1 aliphatic rings. The quantitative estimate of drug-likeness (QED) is 0.413. The summed E-state index contributed by atoms with van der Waals surface area (Å²) in [6, 6.07) is 13.1. The number of nitro groups is 1. The van der Waals surface area contributed by atoms with Crippen molar-refractivity contribution in [3.8, 4) is 0 Å². The first-order chi connectivity index (χ1) is 14.7. The molecule has 3 aromatic rings. The number of hydrogen-bond donors (Lipinski definition) is 1. The molecule has 0 fully saturated rings. The number of aromatic nitrogens is 1. The maximum absolute atomic E-state index is 12.6. The van der Waals surface area contributed by atoms with Crippen LogP contribution >= 0.6 is 22.9 Å². The molecule has 2 aromatic carbocycles. The van der Waals surface area contributed by atoms with E-state index in [1.807, 2.05) is 13.8 Å². The molecule has 1 aromatic heterocycles. The third-order valence-corrected chi connectivity index (χ3v) is 6.48. The number of oxime groups is 1. The molecule has 0 saturated carbocycles. The maximum Gasteiger partial charge on any atom is 0.284 e. The number of benzene rings is 2. The van der Waals surface area contributed by atoms with Crippen molar-refractivity contribution in [2.45, 2.75) is 25.9 Å². The minimum atomic E-state index is -0.819. The first-order valence-corrected chi connectivity index (χ1v) is 10.5. The van der Waals surface area contributed by atoms with E-state index >= 15 is 0 Å². The Kier molecular flexibility index (Phi) is 5.47. The number of rotatable bonds is 5. The topological polar surface area (TPSA) is 107 Å². The smallest absolute Gasteiger partial charge is 0.284 e. The zero-order valence-corrected chi connectivity index (χ0v) is 18.2. The molecule has 0 aliphatic carbocycles. The minimum absolute atomic E-state index is 0.0102. The highest BCUT2D eigenvalue weighted by Gasteiger charge is 2.40. The van der Waals surface area contributed by atoms with Crippen LogP contribution in [0, 0.1) is 17.0 Å². The van der Waals surface area contributed by atoms with Gasteiger partial charge in [0.15, 0.2) is 10.6 Å². The van der Waals surface area contributed by atoms with Crippen molar-refractivity contribution in [1.82, 2.24) is 4.98 Å². The highest BCUT2D eigenvalue weighted by Crippen LogP contribution is 2.41. The number of carbonyl (C=O) groups is 1. The van der Waals surface area contributed by atoms with Gasteiger partial charge in [-0.25, -0.2) is 4.98 Å². The van der Waals surface area contributed by atoms with E-state index in [0.717, 1.165) is 4.88 Å². The largest absolute Gasteiger partial charge is 0.383 e. The summed E-state index contributed by atoms with van der Waals surface area (Å²) in [4.78, 5) is 34.2. The van der Waals surface area contributed by atoms with Crippen LogP contribution in [0.4, 0.5) is 11.4 Å². The van der Waals surface area contributed by atoms with E-state index in [2.05, 4.69) is 15.5 Å². The second-order valence-electron chi connectivity index (χ2n) is 7.24. The van der Waals surface area contributed by atoms with Crippen LogP contribution in [0.3, 0.4) is 0 Å². The molecule has 1 aliphatic heterocycles. The van der Waals surface area contributed by atoms with Gasteiger partial charge in [0.2, 0.25) is 0 Å². The number of nitrogens with zero attached hydrogens (tertiary/aromatic N) is 3. The maximum atomic E-state index is 12.6. The van der Waals surface area contributed by atoms with Crippen molar-refractivity contribution in [3.63, 3.8) is 0 Å².